The average molecular weight is 315 g/mol. The van der Waals surface area contributed by atoms with Gasteiger partial charge in [-0.1, -0.05) is 33.1 Å². The fourth-order valence-electron chi connectivity index (χ4n) is 1.68. The molecule has 0 fully saturated rings. The van der Waals surface area contributed by atoms with Crippen molar-refractivity contribution < 1.29 is 42.3 Å². The molecular weight excluding hydrogens is 291 g/mol. The third-order valence-corrected chi connectivity index (χ3v) is 3.18. The first-order valence-electron chi connectivity index (χ1n) is 6.07. The van der Waals surface area contributed by atoms with E-state index in [1.807, 2.05) is 6.92 Å². The van der Waals surface area contributed by atoms with Gasteiger partial charge in [0, 0.05) is 38.6 Å². The minimum Gasteiger partial charge on any atom is -0.370 e. The van der Waals surface area contributed by atoms with Gasteiger partial charge in [-0.3, -0.25) is 4.79 Å². The van der Waals surface area contributed by atoms with E-state index in [4.69, 9.17) is 5.73 Å². The number of amides is 1. The SMILES string of the molecule is CCC(C)C[C-](CC(CC)C(N)=O)C(C)=O.[Y]. The summed E-state index contributed by atoms with van der Waals surface area (Å²) in [5.41, 5.74) is 5.30. The molecule has 0 aromatic rings. The molecule has 0 aliphatic rings. The number of carbonyl (C=O) groups is 2. The van der Waals surface area contributed by atoms with Crippen molar-refractivity contribution in [1.82, 2.24) is 0 Å². The van der Waals surface area contributed by atoms with Crippen LogP contribution in [0.3, 0.4) is 0 Å². The van der Waals surface area contributed by atoms with Gasteiger partial charge in [0.25, 0.3) is 0 Å². The van der Waals surface area contributed by atoms with Crippen molar-refractivity contribution in [2.24, 2.45) is 17.6 Å². The first kappa shape index (κ1) is 19.5. The normalized spacial score (nSPS) is 13.4. The Morgan fingerprint density at radius 1 is 1.18 bits per heavy atom. The van der Waals surface area contributed by atoms with E-state index in [-0.39, 0.29) is 50.3 Å². The second-order valence-corrected chi connectivity index (χ2v) is 4.59. The van der Waals surface area contributed by atoms with Crippen LogP contribution in [-0.2, 0) is 42.3 Å². The van der Waals surface area contributed by atoms with Crippen LogP contribution in [0.1, 0.15) is 53.4 Å². The molecule has 0 aromatic heterocycles. The average Bonchev–Trinajstić information content (AvgIpc) is 2.22. The number of hydrogen-bond donors (Lipinski definition) is 1. The number of carbonyl (C=O) groups excluding carboxylic acids is 2. The number of Topliss-reactive ketones (excluding diaryl/α,β-unsaturated/α-hetero) is 1. The first-order chi connectivity index (χ1) is 7.42. The van der Waals surface area contributed by atoms with Crippen LogP contribution in [-0.4, -0.2) is 11.7 Å². The largest absolute Gasteiger partial charge is 0.370 e. The molecule has 0 saturated carbocycles. The van der Waals surface area contributed by atoms with E-state index in [1.54, 1.807) is 6.92 Å². The summed E-state index contributed by atoms with van der Waals surface area (Å²) in [6.07, 6.45) is 3.07. The second kappa shape index (κ2) is 10.1. The van der Waals surface area contributed by atoms with E-state index >= 15 is 0 Å². The third-order valence-electron chi connectivity index (χ3n) is 3.18. The minimum atomic E-state index is -0.301. The molecule has 1 radical (unpaired) electrons. The molecule has 0 saturated heterocycles. The molecule has 0 spiro atoms. The number of hydrogen-bond acceptors (Lipinski definition) is 2. The quantitative estimate of drug-likeness (QED) is 0.700. The summed E-state index contributed by atoms with van der Waals surface area (Å²) in [5, 5.41) is 0. The van der Waals surface area contributed by atoms with Gasteiger partial charge in [-0.2, -0.15) is 6.42 Å². The molecule has 0 rings (SSSR count). The molecule has 0 aliphatic carbocycles. The fourth-order valence-corrected chi connectivity index (χ4v) is 1.68. The standard InChI is InChI=1S/C13H24NO2.Y/c1-5-9(3)7-12(10(4)15)8-11(6-2)13(14)16;/h9,11H,5-8H2,1-4H3,(H2,14,16);/q-1;. The smallest absolute Gasteiger partial charge is 0.218 e. The number of primary amides is 1. The molecule has 0 heterocycles. The Hall–Kier alpha value is 0.114. The molecule has 2 N–H and O–H groups in total. The molecule has 3 nitrogen and oxygen atoms in total. The zero-order valence-electron chi connectivity index (χ0n) is 11.5. The van der Waals surface area contributed by atoms with Crippen molar-refractivity contribution >= 4 is 11.7 Å². The summed E-state index contributed by atoms with van der Waals surface area (Å²) in [6, 6.07) is 0. The summed E-state index contributed by atoms with van der Waals surface area (Å²) in [7, 11) is 0. The van der Waals surface area contributed by atoms with E-state index in [1.165, 1.54) is 0 Å². The van der Waals surface area contributed by atoms with Gasteiger partial charge in [0.2, 0.25) is 5.91 Å². The molecule has 0 aromatic carbocycles. The summed E-state index contributed by atoms with van der Waals surface area (Å²) in [5.74, 6) is 0.956. The molecule has 1 amide bonds. The van der Waals surface area contributed by atoms with Crippen LogP contribution < -0.4 is 5.73 Å². The van der Waals surface area contributed by atoms with Crippen LogP contribution in [0, 0.1) is 17.8 Å². The summed E-state index contributed by atoms with van der Waals surface area (Å²) >= 11 is 0. The summed E-state index contributed by atoms with van der Waals surface area (Å²) < 4.78 is 0. The molecule has 2 atom stereocenters. The van der Waals surface area contributed by atoms with Crippen molar-refractivity contribution in [3.05, 3.63) is 5.92 Å². The third kappa shape index (κ3) is 7.93. The maximum atomic E-state index is 11.5. The van der Waals surface area contributed by atoms with Gasteiger partial charge in [-0.15, -0.1) is 6.42 Å². The second-order valence-electron chi connectivity index (χ2n) is 4.59. The van der Waals surface area contributed by atoms with Crippen LogP contribution in [0.4, 0.5) is 0 Å². The summed E-state index contributed by atoms with van der Waals surface area (Å²) in [6.45, 7) is 7.73. The molecule has 17 heavy (non-hydrogen) atoms. The van der Waals surface area contributed by atoms with E-state index in [9.17, 15) is 9.59 Å². The Labute approximate surface area is 130 Å². The summed E-state index contributed by atoms with van der Waals surface area (Å²) in [4.78, 5) is 22.6. The Morgan fingerprint density at radius 3 is 2.00 bits per heavy atom. The topological polar surface area (TPSA) is 60.2 Å². The van der Waals surface area contributed by atoms with Crippen molar-refractivity contribution in [2.45, 2.75) is 53.4 Å². The number of nitrogens with two attached hydrogens (primary N) is 1. The monoisotopic (exact) mass is 315 g/mol. The molecule has 97 valence electrons. The van der Waals surface area contributed by atoms with Crippen molar-refractivity contribution in [3.8, 4) is 0 Å². The maximum Gasteiger partial charge on any atom is 0.218 e. The van der Waals surface area contributed by atoms with E-state index in [0.717, 1.165) is 18.8 Å². The van der Waals surface area contributed by atoms with Gasteiger partial charge >= 0.3 is 0 Å². The Bertz CT molecular complexity index is 244. The Balaban J connectivity index is 0. The minimum absolute atomic E-state index is 0. The van der Waals surface area contributed by atoms with Crippen LogP contribution in [0.15, 0.2) is 0 Å². The number of rotatable bonds is 8. The zero-order chi connectivity index (χ0) is 12.7. The van der Waals surface area contributed by atoms with Crippen LogP contribution in [0.25, 0.3) is 0 Å². The van der Waals surface area contributed by atoms with Gasteiger partial charge in [-0.25, -0.2) is 0 Å². The van der Waals surface area contributed by atoms with Crippen molar-refractivity contribution in [1.29, 1.82) is 0 Å². The van der Waals surface area contributed by atoms with Gasteiger partial charge in [0.05, 0.1) is 0 Å². The van der Waals surface area contributed by atoms with Gasteiger partial charge in [0.1, 0.15) is 0 Å². The van der Waals surface area contributed by atoms with Crippen LogP contribution in [0.2, 0.25) is 0 Å². The molecule has 4 heteroatoms. The van der Waals surface area contributed by atoms with Crippen molar-refractivity contribution in [2.75, 3.05) is 0 Å². The van der Waals surface area contributed by atoms with Gasteiger partial charge in [0.15, 0.2) is 0 Å². The Morgan fingerprint density at radius 2 is 1.71 bits per heavy atom. The fraction of sp³-hybridized carbons (Fsp3) is 0.769. The van der Waals surface area contributed by atoms with Crippen LogP contribution in [0.5, 0.6) is 0 Å². The van der Waals surface area contributed by atoms with E-state index < -0.39 is 0 Å². The van der Waals surface area contributed by atoms with E-state index in [2.05, 4.69) is 13.8 Å². The molecule has 2 unspecified atom stereocenters. The molecule has 0 bridgehead atoms. The number of ketones is 1. The maximum absolute atomic E-state index is 11.5. The predicted octanol–water partition coefficient (Wildman–Crippen LogP) is 2.49. The van der Waals surface area contributed by atoms with Gasteiger partial charge < -0.3 is 16.4 Å². The van der Waals surface area contributed by atoms with Crippen molar-refractivity contribution in [3.63, 3.8) is 0 Å². The molecule has 0 aliphatic heterocycles. The van der Waals surface area contributed by atoms with E-state index in [0.29, 0.717) is 18.8 Å². The Kier molecular flexibility index (Phi) is 11.5. The predicted molar refractivity (Wildman–Crippen MR) is 65.6 cm³/mol. The molecular formula is C13H24NO2Y-. The zero-order valence-corrected chi connectivity index (χ0v) is 14.3. The van der Waals surface area contributed by atoms with Crippen LogP contribution >= 0.6 is 0 Å². The van der Waals surface area contributed by atoms with Gasteiger partial charge in [-0.05, 0) is 19.1 Å². The first-order valence-corrected chi connectivity index (χ1v) is 6.07.